The fourth-order valence-electron chi connectivity index (χ4n) is 4.27. The Labute approximate surface area is 177 Å². The molecule has 0 atom stereocenters. The van der Waals surface area contributed by atoms with Crippen LogP contribution in [0.1, 0.15) is 135 Å². The Morgan fingerprint density at radius 3 is 1.54 bits per heavy atom. The van der Waals surface area contributed by atoms with E-state index in [0.717, 1.165) is 0 Å². The molecule has 1 aromatic rings. The molecule has 0 aliphatic carbocycles. The van der Waals surface area contributed by atoms with Crippen LogP contribution in [-0.4, -0.2) is 4.57 Å². The van der Waals surface area contributed by atoms with E-state index >= 15 is 0 Å². The van der Waals surface area contributed by atoms with Crippen LogP contribution in [0.25, 0.3) is 0 Å². The van der Waals surface area contributed by atoms with E-state index in [2.05, 4.69) is 42.4 Å². The molecule has 2 nitrogen and oxygen atoms in total. The number of hydrogen-bond donors (Lipinski definition) is 0. The van der Waals surface area contributed by atoms with E-state index in [-0.39, 0.29) is 0 Å². The zero-order valence-electron chi connectivity index (χ0n) is 19.7. The maximum Gasteiger partial charge on any atom is 0.256 e. The zero-order valence-corrected chi connectivity index (χ0v) is 19.7. The van der Waals surface area contributed by atoms with Gasteiger partial charge >= 0.3 is 0 Å². The molecule has 0 aliphatic rings. The molecule has 28 heavy (non-hydrogen) atoms. The van der Waals surface area contributed by atoms with Crippen LogP contribution in [0.5, 0.6) is 0 Å². The number of aromatic nitrogens is 2. The van der Waals surface area contributed by atoms with Gasteiger partial charge in [0.2, 0.25) is 0 Å². The molecule has 0 amide bonds. The second kappa shape index (κ2) is 18.3. The molecule has 0 saturated heterocycles. The van der Waals surface area contributed by atoms with Crippen molar-refractivity contribution in [3.8, 4) is 0 Å². The summed E-state index contributed by atoms with van der Waals surface area (Å²) in [6.45, 7) is 5.80. The molecule has 0 aromatic carbocycles. The molecular formula is C26H51N2+. The van der Waals surface area contributed by atoms with Crippen molar-refractivity contribution in [1.82, 2.24) is 4.57 Å². The number of nitrogens with zero attached hydrogens (tertiary/aromatic N) is 2. The topological polar surface area (TPSA) is 8.81 Å². The van der Waals surface area contributed by atoms with E-state index in [4.69, 9.17) is 0 Å². The van der Waals surface area contributed by atoms with Crippen molar-refractivity contribution in [2.45, 2.75) is 142 Å². The standard InChI is InChI=1S/C26H51N2/c1-4-6-8-10-12-14-15-16-18-20-22-26-27(3)24-25-28(26)23-21-19-17-13-11-9-7-5-2/h24-25H,4-23H2,1-3H3/q+1. The monoisotopic (exact) mass is 391 g/mol. The third-order valence-corrected chi connectivity index (χ3v) is 6.22. The van der Waals surface area contributed by atoms with Crippen molar-refractivity contribution in [2.24, 2.45) is 7.05 Å². The minimum Gasteiger partial charge on any atom is -0.237 e. The largest absolute Gasteiger partial charge is 0.256 e. The predicted molar refractivity (Wildman–Crippen MR) is 124 cm³/mol. The summed E-state index contributed by atoms with van der Waals surface area (Å²) >= 11 is 0. The molecule has 1 aromatic heterocycles. The Morgan fingerprint density at radius 1 is 0.607 bits per heavy atom. The Kier molecular flexibility index (Phi) is 16.5. The molecule has 0 fully saturated rings. The third kappa shape index (κ3) is 12.6. The van der Waals surface area contributed by atoms with Crippen molar-refractivity contribution in [1.29, 1.82) is 0 Å². The van der Waals surface area contributed by atoms with Crippen molar-refractivity contribution in [2.75, 3.05) is 0 Å². The van der Waals surface area contributed by atoms with Crippen molar-refractivity contribution >= 4 is 0 Å². The quantitative estimate of drug-likeness (QED) is 0.158. The van der Waals surface area contributed by atoms with Crippen LogP contribution < -0.4 is 4.57 Å². The van der Waals surface area contributed by atoms with E-state index in [1.807, 2.05) is 0 Å². The van der Waals surface area contributed by atoms with Crippen molar-refractivity contribution in [3.63, 3.8) is 0 Å². The molecule has 0 saturated carbocycles. The zero-order chi connectivity index (χ0) is 20.3. The van der Waals surface area contributed by atoms with Gasteiger partial charge in [0.25, 0.3) is 5.82 Å². The molecule has 0 spiro atoms. The lowest BCUT2D eigenvalue weighted by Crippen LogP contribution is -2.37. The molecule has 0 aliphatic heterocycles. The van der Waals surface area contributed by atoms with Crippen LogP contribution in [0, 0.1) is 0 Å². The summed E-state index contributed by atoms with van der Waals surface area (Å²) in [5, 5.41) is 0. The minimum absolute atomic E-state index is 1.21. The van der Waals surface area contributed by atoms with Crippen LogP contribution >= 0.6 is 0 Å². The van der Waals surface area contributed by atoms with Gasteiger partial charge in [0.15, 0.2) is 0 Å². The van der Waals surface area contributed by atoms with Gasteiger partial charge < -0.3 is 0 Å². The second-order valence-corrected chi connectivity index (χ2v) is 8.93. The van der Waals surface area contributed by atoms with Gasteiger partial charge in [0, 0.05) is 6.42 Å². The first-order valence-corrected chi connectivity index (χ1v) is 12.8. The van der Waals surface area contributed by atoms with E-state index in [0.29, 0.717) is 0 Å². The Bertz CT molecular complexity index is 449. The number of imidazole rings is 1. The fourth-order valence-corrected chi connectivity index (χ4v) is 4.27. The SMILES string of the molecule is CCCCCCCCCCCCc1n(C)cc[n+]1CCCCCCCCCC. The van der Waals surface area contributed by atoms with Crippen LogP contribution in [0.15, 0.2) is 12.4 Å². The normalized spacial score (nSPS) is 11.4. The Balaban J connectivity index is 2.06. The first-order chi connectivity index (χ1) is 13.8. The smallest absolute Gasteiger partial charge is 0.237 e. The second-order valence-electron chi connectivity index (χ2n) is 8.93. The van der Waals surface area contributed by atoms with E-state index in [1.54, 1.807) is 0 Å². The molecule has 164 valence electrons. The average Bonchev–Trinajstić information content (AvgIpc) is 3.05. The highest BCUT2D eigenvalue weighted by molar-refractivity contribution is 4.82. The van der Waals surface area contributed by atoms with Gasteiger partial charge in [-0.1, -0.05) is 110 Å². The van der Waals surface area contributed by atoms with Crippen LogP contribution in [0.2, 0.25) is 0 Å². The molecule has 0 N–H and O–H groups in total. The number of aryl methyl sites for hydroxylation is 2. The average molecular weight is 392 g/mol. The summed E-state index contributed by atoms with van der Waals surface area (Å²) in [5.74, 6) is 1.53. The number of hydrogen-bond acceptors (Lipinski definition) is 0. The molecule has 1 rings (SSSR count). The lowest BCUT2D eigenvalue weighted by molar-refractivity contribution is -0.704. The van der Waals surface area contributed by atoms with Gasteiger partial charge in [0.05, 0.1) is 13.6 Å². The highest BCUT2D eigenvalue weighted by atomic mass is 15.1. The van der Waals surface area contributed by atoms with E-state index in [1.165, 1.54) is 134 Å². The maximum absolute atomic E-state index is 2.52. The summed E-state index contributed by atoms with van der Waals surface area (Å²) < 4.78 is 4.86. The van der Waals surface area contributed by atoms with Gasteiger partial charge in [-0.25, -0.2) is 9.13 Å². The molecule has 1 heterocycles. The summed E-state index contributed by atoms with van der Waals surface area (Å²) in [5.41, 5.74) is 0. The van der Waals surface area contributed by atoms with Gasteiger partial charge in [-0.2, -0.15) is 0 Å². The molecule has 0 radical (unpaired) electrons. The van der Waals surface area contributed by atoms with Crippen LogP contribution in [-0.2, 0) is 20.0 Å². The first-order valence-electron chi connectivity index (χ1n) is 12.8. The van der Waals surface area contributed by atoms with Crippen molar-refractivity contribution in [3.05, 3.63) is 18.2 Å². The lowest BCUT2D eigenvalue weighted by atomic mass is 10.1. The summed E-state index contributed by atoms with van der Waals surface area (Å²) in [6, 6.07) is 0. The number of rotatable bonds is 20. The van der Waals surface area contributed by atoms with Gasteiger partial charge in [-0.3, -0.25) is 0 Å². The van der Waals surface area contributed by atoms with Crippen molar-refractivity contribution < 1.29 is 4.57 Å². The third-order valence-electron chi connectivity index (χ3n) is 6.22. The Morgan fingerprint density at radius 2 is 1.04 bits per heavy atom. The van der Waals surface area contributed by atoms with E-state index in [9.17, 15) is 0 Å². The van der Waals surface area contributed by atoms with Gasteiger partial charge in [-0.15, -0.1) is 0 Å². The maximum atomic E-state index is 2.52. The minimum atomic E-state index is 1.21. The summed E-state index contributed by atoms with van der Waals surface area (Å²) in [7, 11) is 2.22. The molecule has 2 heteroatoms. The molecule has 0 bridgehead atoms. The van der Waals surface area contributed by atoms with Crippen LogP contribution in [0.3, 0.4) is 0 Å². The predicted octanol–water partition coefficient (Wildman–Crippen LogP) is 7.92. The highest BCUT2D eigenvalue weighted by Gasteiger charge is 2.13. The molecule has 0 unspecified atom stereocenters. The van der Waals surface area contributed by atoms with Crippen LogP contribution in [0.4, 0.5) is 0 Å². The van der Waals surface area contributed by atoms with Gasteiger partial charge in [0.1, 0.15) is 12.4 Å². The van der Waals surface area contributed by atoms with Gasteiger partial charge in [-0.05, 0) is 19.3 Å². The van der Waals surface area contributed by atoms with E-state index < -0.39 is 0 Å². The fraction of sp³-hybridized carbons (Fsp3) is 0.885. The Hall–Kier alpha value is -0.790. The summed E-state index contributed by atoms with van der Waals surface area (Å²) in [6.07, 6.45) is 31.2. The summed E-state index contributed by atoms with van der Waals surface area (Å²) in [4.78, 5) is 0. The first kappa shape index (κ1) is 25.2. The lowest BCUT2D eigenvalue weighted by Gasteiger charge is -2.05. The molecular weight excluding hydrogens is 340 g/mol. The number of unbranched alkanes of at least 4 members (excludes halogenated alkanes) is 16. The highest BCUT2D eigenvalue weighted by Crippen LogP contribution is 2.12.